The Bertz CT molecular complexity index is 297. The summed E-state index contributed by atoms with van der Waals surface area (Å²) in [6.45, 7) is 6.19. The van der Waals surface area contributed by atoms with Crippen LogP contribution in [-0.2, 0) is 0 Å². The highest BCUT2D eigenvalue weighted by Gasteiger charge is 2.11. The first-order chi connectivity index (χ1) is 6.69. The molecule has 78 valence electrons. The van der Waals surface area contributed by atoms with Crippen LogP contribution in [0.15, 0.2) is 12.1 Å². The van der Waals surface area contributed by atoms with E-state index in [9.17, 15) is 0 Å². The molecule has 0 radical (unpaired) electrons. The molecule has 0 bridgehead atoms. The van der Waals surface area contributed by atoms with Gasteiger partial charge in [-0.15, -0.1) is 0 Å². The normalized spacial score (nSPS) is 12.9. The monoisotopic (exact) mass is 193 g/mol. The molecule has 1 aromatic heterocycles. The van der Waals surface area contributed by atoms with Crippen molar-refractivity contribution in [3.8, 4) is 0 Å². The minimum atomic E-state index is 0.230. The molecule has 3 N–H and O–H groups in total. The second-order valence-corrected chi connectivity index (χ2v) is 3.64. The first-order valence-corrected chi connectivity index (χ1v) is 5.09. The van der Waals surface area contributed by atoms with E-state index >= 15 is 0 Å². The Labute approximate surface area is 85.7 Å². The van der Waals surface area contributed by atoms with Crippen LogP contribution in [0.4, 0.5) is 0 Å². The van der Waals surface area contributed by atoms with E-state index in [0.29, 0.717) is 0 Å². The summed E-state index contributed by atoms with van der Waals surface area (Å²) in [4.78, 5) is 4.43. The number of nitrogens with zero attached hydrogens (tertiary/aromatic N) is 1. The third-order valence-electron chi connectivity index (χ3n) is 2.42. The molecule has 0 aromatic carbocycles. The Morgan fingerprint density at radius 1 is 1.43 bits per heavy atom. The summed E-state index contributed by atoms with van der Waals surface area (Å²) in [5, 5.41) is 0. The van der Waals surface area contributed by atoms with Crippen molar-refractivity contribution in [2.24, 2.45) is 5.84 Å². The molecule has 1 rings (SSSR count). The molecule has 1 atom stereocenters. The van der Waals surface area contributed by atoms with E-state index in [-0.39, 0.29) is 6.04 Å². The zero-order valence-electron chi connectivity index (χ0n) is 9.17. The summed E-state index contributed by atoms with van der Waals surface area (Å²) >= 11 is 0. The average molecular weight is 193 g/mol. The molecule has 0 aliphatic rings. The Morgan fingerprint density at radius 2 is 2.14 bits per heavy atom. The third kappa shape index (κ3) is 2.53. The maximum atomic E-state index is 5.52. The van der Waals surface area contributed by atoms with Gasteiger partial charge in [0.1, 0.15) is 0 Å². The van der Waals surface area contributed by atoms with Crippen LogP contribution in [0.1, 0.15) is 42.8 Å². The van der Waals surface area contributed by atoms with Crippen LogP contribution in [0.25, 0.3) is 0 Å². The Kier molecular flexibility index (Phi) is 4.04. The molecule has 3 nitrogen and oxygen atoms in total. The lowest BCUT2D eigenvalue weighted by molar-refractivity contribution is 0.506. The van der Waals surface area contributed by atoms with Crippen LogP contribution >= 0.6 is 0 Å². The molecule has 0 saturated carbocycles. The van der Waals surface area contributed by atoms with Crippen LogP contribution < -0.4 is 11.3 Å². The number of nitrogens with two attached hydrogens (primary N) is 1. The van der Waals surface area contributed by atoms with E-state index < -0.39 is 0 Å². The van der Waals surface area contributed by atoms with Gasteiger partial charge in [-0.3, -0.25) is 16.3 Å². The molecule has 1 unspecified atom stereocenters. The molecule has 0 aliphatic heterocycles. The topological polar surface area (TPSA) is 50.9 Å². The van der Waals surface area contributed by atoms with E-state index in [4.69, 9.17) is 5.84 Å². The fourth-order valence-corrected chi connectivity index (χ4v) is 1.68. The number of hydrazine groups is 1. The number of rotatable bonds is 4. The van der Waals surface area contributed by atoms with Gasteiger partial charge in [0, 0.05) is 17.4 Å². The van der Waals surface area contributed by atoms with E-state index in [1.807, 2.05) is 19.9 Å². The Morgan fingerprint density at radius 3 is 2.64 bits per heavy atom. The lowest BCUT2D eigenvalue weighted by atomic mass is 10.0. The van der Waals surface area contributed by atoms with Crippen LogP contribution in [0.3, 0.4) is 0 Å². The number of pyridine rings is 1. The molecule has 0 aliphatic carbocycles. The predicted molar refractivity (Wildman–Crippen MR) is 58.7 cm³/mol. The fourth-order valence-electron chi connectivity index (χ4n) is 1.68. The van der Waals surface area contributed by atoms with Crippen LogP contribution in [0.5, 0.6) is 0 Å². The molecule has 1 heterocycles. The van der Waals surface area contributed by atoms with Gasteiger partial charge >= 0.3 is 0 Å². The highest BCUT2D eigenvalue weighted by atomic mass is 15.2. The van der Waals surface area contributed by atoms with Crippen molar-refractivity contribution >= 4 is 0 Å². The SMILES string of the molecule is CCCC(NN)c1ccc(C)nc1C. The summed E-state index contributed by atoms with van der Waals surface area (Å²) in [7, 11) is 0. The highest BCUT2D eigenvalue weighted by Crippen LogP contribution is 2.20. The maximum absolute atomic E-state index is 5.52. The summed E-state index contributed by atoms with van der Waals surface area (Å²) in [6, 6.07) is 4.37. The molecule has 0 amide bonds. The van der Waals surface area contributed by atoms with Gasteiger partial charge in [-0.2, -0.15) is 0 Å². The van der Waals surface area contributed by atoms with Gasteiger partial charge in [-0.25, -0.2) is 0 Å². The number of aryl methyl sites for hydroxylation is 2. The second-order valence-electron chi connectivity index (χ2n) is 3.64. The summed E-state index contributed by atoms with van der Waals surface area (Å²) in [6.07, 6.45) is 2.16. The van der Waals surface area contributed by atoms with Crippen molar-refractivity contribution < 1.29 is 0 Å². The smallest absolute Gasteiger partial charge is 0.0477 e. The molecule has 0 spiro atoms. The standard InChI is InChI=1S/C11H19N3/c1-4-5-11(14-12)10-7-6-8(2)13-9(10)3/h6-7,11,14H,4-5,12H2,1-3H3. The summed E-state index contributed by atoms with van der Waals surface area (Å²) in [5.74, 6) is 5.52. The lowest BCUT2D eigenvalue weighted by Crippen LogP contribution is -2.28. The van der Waals surface area contributed by atoms with E-state index in [1.165, 1.54) is 5.56 Å². The van der Waals surface area contributed by atoms with Gasteiger partial charge in [0.25, 0.3) is 0 Å². The number of hydrogen-bond donors (Lipinski definition) is 2. The van der Waals surface area contributed by atoms with Crippen molar-refractivity contribution in [3.05, 3.63) is 29.1 Å². The van der Waals surface area contributed by atoms with Crippen molar-refractivity contribution in [1.29, 1.82) is 0 Å². The van der Waals surface area contributed by atoms with Gasteiger partial charge in [0.15, 0.2) is 0 Å². The van der Waals surface area contributed by atoms with Gasteiger partial charge in [-0.05, 0) is 31.9 Å². The quantitative estimate of drug-likeness (QED) is 0.568. The van der Waals surface area contributed by atoms with Gasteiger partial charge in [-0.1, -0.05) is 19.4 Å². The van der Waals surface area contributed by atoms with Crippen molar-refractivity contribution in [2.75, 3.05) is 0 Å². The molecule has 3 heteroatoms. The molecule has 14 heavy (non-hydrogen) atoms. The molecule has 0 saturated heterocycles. The second kappa shape index (κ2) is 5.08. The fraction of sp³-hybridized carbons (Fsp3) is 0.545. The summed E-state index contributed by atoms with van der Waals surface area (Å²) < 4.78 is 0. The minimum absolute atomic E-state index is 0.230. The number of hydrogen-bond acceptors (Lipinski definition) is 3. The van der Waals surface area contributed by atoms with E-state index in [0.717, 1.165) is 24.2 Å². The van der Waals surface area contributed by atoms with Crippen LogP contribution in [0.2, 0.25) is 0 Å². The largest absolute Gasteiger partial charge is 0.271 e. The molecule has 1 aromatic rings. The molecular weight excluding hydrogens is 174 g/mol. The van der Waals surface area contributed by atoms with Crippen LogP contribution in [0, 0.1) is 13.8 Å². The minimum Gasteiger partial charge on any atom is -0.271 e. The van der Waals surface area contributed by atoms with E-state index in [1.54, 1.807) is 0 Å². The third-order valence-corrected chi connectivity index (χ3v) is 2.42. The Hall–Kier alpha value is -0.930. The Balaban J connectivity index is 2.92. The van der Waals surface area contributed by atoms with E-state index in [2.05, 4.69) is 23.4 Å². The predicted octanol–water partition coefficient (Wildman–Crippen LogP) is 2.00. The zero-order chi connectivity index (χ0) is 10.6. The lowest BCUT2D eigenvalue weighted by Gasteiger charge is -2.17. The summed E-state index contributed by atoms with van der Waals surface area (Å²) in [5.41, 5.74) is 6.17. The van der Waals surface area contributed by atoms with Gasteiger partial charge < -0.3 is 0 Å². The van der Waals surface area contributed by atoms with Gasteiger partial charge in [0.2, 0.25) is 0 Å². The zero-order valence-corrected chi connectivity index (χ0v) is 9.17. The number of aromatic nitrogens is 1. The molecule has 0 fully saturated rings. The van der Waals surface area contributed by atoms with Crippen molar-refractivity contribution in [2.45, 2.75) is 39.7 Å². The van der Waals surface area contributed by atoms with Crippen molar-refractivity contribution in [3.63, 3.8) is 0 Å². The first-order valence-electron chi connectivity index (χ1n) is 5.09. The average Bonchev–Trinajstić information content (AvgIpc) is 2.15. The van der Waals surface area contributed by atoms with Crippen LogP contribution in [-0.4, -0.2) is 4.98 Å². The highest BCUT2D eigenvalue weighted by molar-refractivity contribution is 5.24. The molecular formula is C11H19N3. The maximum Gasteiger partial charge on any atom is 0.0477 e. The van der Waals surface area contributed by atoms with Crippen molar-refractivity contribution in [1.82, 2.24) is 10.4 Å². The number of nitrogens with one attached hydrogen (secondary N) is 1. The first kappa shape index (κ1) is 11.1. The van der Waals surface area contributed by atoms with Gasteiger partial charge in [0.05, 0.1) is 0 Å².